The number of nitrogens with one attached hydrogen (secondary N) is 1. The van der Waals surface area contributed by atoms with Gasteiger partial charge in [-0.15, -0.1) is 0 Å². The number of halogens is 2. The minimum atomic E-state index is -1.12. The quantitative estimate of drug-likeness (QED) is 0.883. The third-order valence-corrected chi connectivity index (χ3v) is 3.74. The monoisotopic (exact) mass is 275 g/mol. The Morgan fingerprint density at radius 1 is 1.15 bits per heavy atom. The summed E-state index contributed by atoms with van der Waals surface area (Å²) in [5, 5.41) is 13.6. The minimum Gasteiger partial charge on any atom is -0.386 e. The van der Waals surface area contributed by atoms with Crippen molar-refractivity contribution in [2.24, 2.45) is 0 Å². The largest absolute Gasteiger partial charge is 0.386 e. The molecule has 0 saturated heterocycles. The molecule has 0 radical (unpaired) electrons. The maximum atomic E-state index is 13.8. The molecular weight excluding hydrogens is 260 g/mol. The molecule has 2 aromatic carbocycles. The van der Waals surface area contributed by atoms with Gasteiger partial charge in [0.25, 0.3) is 0 Å². The van der Waals surface area contributed by atoms with E-state index in [2.05, 4.69) is 5.32 Å². The van der Waals surface area contributed by atoms with E-state index in [9.17, 15) is 13.9 Å². The van der Waals surface area contributed by atoms with E-state index in [0.717, 1.165) is 35.7 Å². The molecule has 104 valence electrons. The molecule has 2 atom stereocenters. The van der Waals surface area contributed by atoms with E-state index < -0.39 is 23.8 Å². The first-order chi connectivity index (χ1) is 9.66. The zero-order valence-electron chi connectivity index (χ0n) is 10.8. The van der Waals surface area contributed by atoms with Crippen LogP contribution in [0.5, 0.6) is 0 Å². The first kappa shape index (κ1) is 13.2. The summed E-state index contributed by atoms with van der Waals surface area (Å²) in [5.74, 6) is -1.15. The lowest BCUT2D eigenvalue weighted by Gasteiger charge is -2.31. The molecule has 2 nitrogen and oxygen atoms in total. The minimum absolute atomic E-state index is 0.0146. The summed E-state index contributed by atoms with van der Waals surface area (Å²) in [6.45, 7) is 0.704. The molecule has 2 N–H and O–H groups in total. The van der Waals surface area contributed by atoms with Crippen molar-refractivity contribution in [3.05, 3.63) is 70.8 Å². The Bertz CT molecular complexity index is 630. The molecule has 1 aliphatic rings. The normalized spacial score (nSPS) is 19.4. The molecule has 1 aliphatic heterocycles. The van der Waals surface area contributed by atoms with E-state index in [1.54, 1.807) is 0 Å². The average Bonchev–Trinajstić information content (AvgIpc) is 2.48. The van der Waals surface area contributed by atoms with Crippen LogP contribution in [0.15, 0.2) is 42.5 Å². The van der Waals surface area contributed by atoms with Crippen LogP contribution in [-0.4, -0.2) is 11.7 Å². The van der Waals surface area contributed by atoms with Gasteiger partial charge in [-0.3, -0.25) is 0 Å². The molecule has 20 heavy (non-hydrogen) atoms. The highest BCUT2D eigenvalue weighted by molar-refractivity contribution is 5.35. The van der Waals surface area contributed by atoms with Crippen molar-refractivity contribution in [2.45, 2.75) is 18.6 Å². The van der Waals surface area contributed by atoms with Gasteiger partial charge in [0.05, 0.1) is 6.04 Å². The van der Waals surface area contributed by atoms with Crippen molar-refractivity contribution in [2.75, 3.05) is 6.54 Å². The number of rotatable bonds is 2. The van der Waals surface area contributed by atoms with Gasteiger partial charge < -0.3 is 10.4 Å². The van der Waals surface area contributed by atoms with E-state index in [4.69, 9.17) is 0 Å². The molecular formula is C16H15F2NO. The Morgan fingerprint density at radius 3 is 2.80 bits per heavy atom. The van der Waals surface area contributed by atoms with Crippen LogP contribution < -0.4 is 5.32 Å². The van der Waals surface area contributed by atoms with Gasteiger partial charge in [0.2, 0.25) is 0 Å². The van der Waals surface area contributed by atoms with Gasteiger partial charge in [-0.25, -0.2) is 8.78 Å². The molecule has 0 amide bonds. The first-order valence-corrected chi connectivity index (χ1v) is 6.61. The van der Waals surface area contributed by atoms with Crippen LogP contribution in [0.1, 0.15) is 28.8 Å². The summed E-state index contributed by atoms with van der Waals surface area (Å²) < 4.78 is 27.1. The highest BCUT2D eigenvalue weighted by Crippen LogP contribution is 2.34. The van der Waals surface area contributed by atoms with Crippen LogP contribution in [-0.2, 0) is 6.42 Å². The lowest BCUT2D eigenvalue weighted by molar-refractivity contribution is 0.121. The Morgan fingerprint density at radius 2 is 1.95 bits per heavy atom. The third-order valence-electron chi connectivity index (χ3n) is 3.74. The van der Waals surface area contributed by atoms with Crippen LogP contribution in [0.4, 0.5) is 8.78 Å². The molecule has 0 bridgehead atoms. The topological polar surface area (TPSA) is 32.3 Å². The third kappa shape index (κ3) is 2.32. The van der Waals surface area contributed by atoms with Crippen LogP contribution in [0.3, 0.4) is 0 Å². The van der Waals surface area contributed by atoms with Crippen molar-refractivity contribution in [1.29, 1.82) is 0 Å². The number of hydrogen-bond acceptors (Lipinski definition) is 2. The molecule has 3 rings (SSSR count). The highest BCUT2D eigenvalue weighted by atomic mass is 19.1. The zero-order chi connectivity index (χ0) is 14.1. The van der Waals surface area contributed by atoms with E-state index in [-0.39, 0.29) is 5.56 Å². The second kappa shape index (κ2) is 5.31. The van der Waals surface area contributed by atoms with Crippen molar-refractivity contribution in [1.82, 2.24) is 5.32 Å². The van der Waals surface area contributed by atoms with Crippen LogP contribution in [0, 0.1) is 11.6 Å². The van der Waals surface area contributed by atoms with Gasteiger partial charge in [-0.2, -0.15) is 0 Å². The lowest BCUT2D eigenvalue weighted by atomic mass is 9.88. The van der Waals surface area contributed by atoms with E-state index >= 15 is 0 Å². The predicted molar refractivity (Wildman–Crippen MR) is 72.2 cm³/mol. The lowest BCUT2D eigenvalue weighted by Crippen LogP contribution is -2.34. The van der Waals surface area contributed by atoms with Gasteiger partial charge in [-0.1, -0.05) is 24.3 Å². The number of benzene rings is 2. The predicted octanol–water partition coefficient (Wildman–Crippen LogP) is 2.89. The zero-order valence-corrected chi connectivity index (χ0v) is 10.8. The van der Waals surface area contributed by atoms with Gasteiger partial charge >= 0.3 is 0 Å². The van der Waals surface area contributed by atoms with Crippen molar-refractivity contribution < 1.29 is 13.9 Å². The van der Waals surface area contributed by atoms with Crippen molar-refractivity contribution in [3.63, 3.8) is 0 Å². The van der Waals surface area contributed by atoms with Gasteiger partial charge in [-0.05, 0) is 42.3 Å². The molecule has 0 fully saturated rings. The van der Waals surface area contributed by atoms with Crippen molar-refractivity contribution in [3.8, 4) is 0 Å². The van der Waals surface area contributed by atoms with Crippen LogP contribution in [0.2, 0.25) is 0 Å². The Balaban J connectivity index is 1.99. The molecule has 0 aliphatic carbocycles. The average molecular weight is 275 g/mol. The van der Waals surface area contributed by atoms with Gasteiger partial charge in [0.1, 0.15) is 17.7 Å². The first-order valence-electron chi connectivity index (χ1n) is 6.61. The fourth-order valence-corrected chi connectivity index (χ4v) is 2.74. The Kier molecular flexibility index (Phi) is 3.51. The Hall–Kier alpha value is -1.78. The van der Waals surface area contributed by atoms with Gasteiger partial charge in [0.15, 0.2) is 0 Å². The standard InChI is InChI=1S/C16H15F2NO/c17-11-5-6-14(18)13(9-11)16(20)15-12-4-2-1-3-10(12)7-8-19-15/h1-6,9,15-16,19-20H,7-8H2. The maximum absolute atomic E-state index is 13.8. The van der Waals surface area contributed by atoms with Crippen LogP contribution >= 0.6 is 0 Å². The molecule has 0 spiro atoms. The summed E-state index contributed by atoms with van der Waals surface area (Å²) in [6, 6.07) is 10.5. The molecule has 0 saturated carbocycles. The van der Waals surface area contributed by atoms with Crippen molar-refractivity contribution >= 4 is 0 Å². The van der Waals surface area contributed by atoms with E-state index in [1.165, 1.54) is 0 Å². The number of aliphatic hydroxyl groups excluding tert-OH is 1. The maximum Gasteiger partial charge on any atom is 0.129 e. The summed E-state index contributed by atoms with van der Waals surface area (Å²) in [4.78, 5) is 0. The smallest absolute Gasteiger partial charge is 0.129 e. The summed E-state index contributed by atoms with van der Waals surface area (Å²) in [7, 11) is 0. The fraction of sp³-hybridized carbons (Fsp3) is 0.250. The molecule has 2 aromatic rings. The summed E-state index contributed by atoms with van der Waals surface area (Å²) in [5.41, 5.74) is 2.06. The number of fused-ring (bicyclic) bond motifs is 1. The summed E-state index contributed by atoms with van der Waals surface area (Å²) in [6.07, 6.45) is -0.252. The van der Waals surface area contributed by atoms with E-state index in [0.29, 0.717) is 6.54 Å². The second-order valence-electron chi connectivity index (χ2n) is 4.99. The highest BCUT2D eigenvalue weighted by Gasteiger charge is 2.29. The van der Waals surface area contributed by atoms with E-state index in [1.807, 2.05) is 24.3 Å². The molecule has 2 unspecified atom stereocenters. The molecule has 0 aromatic heterocycles. The SMILES string of the molecule is OC(c1cc(F)ccc1F)C1NCCc2ccccc21. The second-order valence-corrected chi connectivity index (χ2v) is 4.99. The molecule has 4 heteroatoms. The number of hydrogen-bond donors (Lipinski definition) is 2. The number of aliphatic hydroxyl groups is 1. The Labute approximate surface area is 116 Å². The van der Waals surface area contributed by atoms with Crippen LogP contribution in [0.25, 0.3) is 0 Å². The fourth-order valence-electron chi connectivity index (χ4n) is 2.74. The summed E-state index contributed by atoms with van der Waals surface area (Å²) >= 11 is 0. The van der Waals surface area contributed by atoms with Gasteiger partial charge in [0, 0.05) is 5.56 Å². The molecule has 1 heterocycles.